The molecule has 0 radical (unpaired) electrons. The third-order valence-corrected chi connectivity index (χ3v) is 1.48. The van der Waals surface area contributed by atoms with Crippen molar-refractivity contribution in [1.29, 1.82) is 0 Å². The van der Waals surface area contributed by atoms with Crippen molar-refractivity contribution in [3.05, 3.63) is 0 Å². The van der Waals surface area contributed by atoms with E-state index >= 15 is 0 Å². The van der Waals surface area contributed by atoms with E-state index in [0.717, 1.165) is 36.3 Å². The summed E-state index contributed by atoms with van der Waals surface area (Å²) in [5.74, 6) is 11.7. The first kappa shape index (κ1) is 16.6. The van der Waals surface area contributed by atoms with Gasteiger partial charge in [0.1, 0.15) is 0 Å². The average molecular weight is 289 g/mol. The predicted molar refractivity (Wildman–Crippen MR) is 55.0 cm³/mol. The van der Waals surface area contributed by atoms with Gasteiger partial charge in [0.05, 0.1) is 0 Å². The van der Waals surface area contributed by atoms with Crippen LogP contribution in [-0.4, -0.2) is 0 Å². The molecule has 0 heterocycles. The Morgan fingerprint density at radius 3 is 1.29 bits per heavy atom. The molecule has 2 heteroatoms. The second-order valence-electron chi connectivity index (χ2n) is 2.22. The quantitative estimate of drug-likeness (QED) is 0.539. The third kappa shape index (κ3) is 22.7. The van der Waals surface area contributed by atoms with Gasteiger partial charge in [-0.05, 0) is 0 Å². The van der Waals surface area contributed by atoms with Crippen molar-refractivity contribution in [3.8, 4) is 23.7 Å². The first-order valence-corrected chi connectivity index (χ1v) is 6.09. The van der Waals surface area contributed by atoms with E-state index in [2.05, 4.69) is 23.7 Å². The summed E-state index contributed by atoms with van der Waals surface area (Å²) in [5, 5.41) is 1.50. The van der Waals surface area contributed by atoms with E-state index in [0.29, 0.717) is 0 Å². The van der Waals surface area contributed by atoms with Crippen molar-refractivity contribution < 1.29 is 32.0 Å². The molecule has 0 fully saturated rings. The van der Waals surface area contributed by atoms with Gasteiger partial charge in [-0.3, -0.25) is 0 Å². The van der Waals surface area contributed by atoms with Gasteiger partial charge < -0.3 is 0 Å². The van der Waals surface area contributed by atoms with Gasteiger partial charge >= 0.3 is 106 Å². The number of rotatable bonds is 2. The molecule has 88 valence electrons. The van der Waals surface area contributed by atoms with Gasteiger partial charge in [-0.2, -0.15) is 0 Å². The van der Waals surface area contributed by atoms with Gasteiger partial charge in [0.25, 0.3) is 0 Å². The van der Waals surface area contributed by atoms with Crippen LogP contribution in [0.2, 0.25) is 10.6 Å². The van der Waals surface area contributed by atoms with Crippen LogP contribution < -0.4 is 0 Å². The van der Waals surface area contributed by atoms with Gasteiger partial charge in [-0.15, -0.1) is 0 Å². The van der Waals surface area contributed by atoms with E-state index < -0.39 is 0 Å². The van der Waals surface area contributed by atoms with Crippen LogP contribution in [-0.2, 0) is 32.0 Å². The summed E-state index contributed by atoms with van der Waals surface area (Å²) >= 11 is 9.58. The zero-order chi connectivity index (χ0) is 11.1. The molecule has 0 nitrogen and oxygen atoms in total. The van der Waals surface area contributed by atoms with Gasteiger partial charge in [0.2, 0.25) is 0 Å². The number of hydrogen-bond acceptors (Lipinski definition) is 0. The maximum atomic E-state index is 4.79. The Kier molecular flexibility index (Phi) is 22.3. The molecule has 0 aromatic carbocycles. The summed E-state index contributed by atoms with van der Waals surface area (Å²) in [6.07, 6.45) is 3.64. The molecule has 14 heavy (non-hydrogen) atoms. The standard InChI is InChI=1S/2C6H9.2Cu/c2*1-3-5-6-4-2;;/h2*1,3-4H2,2H3;;. The minimum absolute atomic E-state index is 0.750. The van der Waals surface area contributed by atoms with Crippen molar-refractivity contribution in [1.82, 2.24) is 0 Å². The summed E-state index contributed by atoms with van der Waals surface area (Å²) in [4.78, 5) is 0. The van der Waals surface area contributed by atoms with Gasteiger partial charge in [-0.1, -0.05) is 0 Å². The van der Waals surface area contributed by atoms with Crippen LogP contribution in [0.15, 0.2) is 0 Å². The maximum absolute atomic E-state index is 4.79. The molecule has 0 aromatic rings. The fraction of sp³-hybridized carbons (Fsp3) is 0.667. The van der Waals surface area contributed by atoms with Gasteiger partial charge in [-0.25, -0.2) is 0 Å². The zero-order valence-electron chi connectivity index (χ0n) is 8.85. The van der Waals surface area contributed by atoms with E-state index in [-0.39, 0.29) is 0 Å². The average Bonchev–Trinajstić information content (AvgIpc) is 2.21. The van der Waals surface area contributed by atoms with Crippen LogP contribution in [0.1, 0.15) is 39.5 Å². The van der Waals surface area contributed by atoms with Crippen LogP contribution in [0.5, 0.6) is 0 Å². The van der Waals surface area contributed by atoms with Crippen molar-refractivity contribution >= 4 is 0 Å². The molecular formula is C12H18Cu2. The van der Waals surface area contributed by atoms with E-state index in [9.17, 15) is 0 Å². The summed E-state index contributed by atoms with van der Waals surface area (Å²) in [6, 6.07) is 0. The van der Waals surface area contributed by atoms with Crippen molar-refractivity contribution in [2.45, 2.75) is 50.2 Å². The molecule has 0 spiro atoms. The van der Waals surface area contributed by atoms with Crippen LogP contribution in [0.3, 0.4) is 0 Å². The zero-order valence-corrected chi connectivity index (χ0v) is 10.7. The fourth-order valence-corrected chi connectivity index (χ4v) is 0.738. The van der Waals surface area contributed by atoms with Crippen molar-refractivity contribution in [2.75, 3.05) is 0 Å². The van der Waals surface area contributed by atoms with Gasteiger partial charge in [0.15, 0.2) is 0 Å². The van der Waals surface area contributed by atoms with E-state index in [1.165, 1.54) is 0 Å². The molecule has 0 unspecified atom stereocenters. The van der Waals surface area contributed by atoms with Crippen molar-refractivity contribution in [3.63, 3.8) is 0 Å². The first-order valence-electron chi connectivity index (χ1n) is 4.75. The Hall–Kier alpha value is 0.159. The van der Waals surface area contributed by atoms with Crippen LogP contribution in [0.4, 0.5) is 0 Å². The Morgan fingerprint density at radius 2 is 1.07 bits per heavy atom. The SMILES string of the molecule is CCC#CC[CH2][Cu].CCC#CC[CH2][Cu]. The molecule has 0 aliphatic carbocycles. The molecule has 0 atom stereocenters. The Bertz CT molecular complexity index is 176. The predicted octanol–water partition coefficient (Wildman–Crippen LogP) is 3.51. The van der Waals surface area contributed by atoms with Crippen LogP contribution >= 0.6 is 0 Å². The molecule has 0 saturated carbocycles. The molecule has 0 aromatic heterocycles. The molecule has 0 saturated heterocycles. The second kappa shape index (κ2) is 18.9. The minimum atomic E-state index is 0.750. The van der Waals surface area contributed by atoms with E-state index in [4.69, 9.17) is 32.0 Å². The molecule has 0 bridgehead atoms. The Morgan fingerprint density at radius 1 is 0.714 bits per heavy atom. The van der Waals surface area contributed by atoms with Gasteiger partial charge in [0, 0.05) is 0 Å². The molecule has 0 rings (SSSR count). The van der Waals surface area contributed by atoms with E-state index in [1.807, 2.05) is 13.8 Å². The summed E-state index contributed by atoms with van der Waals surface area (Å²) in [7, 11) is 0. The molecule has 0 N–H and O–H groups in total. The summed E-state index contributed by atoms with van der Waals surface area (Å²) < 4.78 is 0. The van der Waals surface area contributed by atoms with Crippen LogP contribution in [0.25, 0.3) is 0 Å². The van der Waals surface area contributed by atoms with Crippen molar-refractivity contribution in [2.24, 2.45) is 0 Å². The summed E-state index contributed by atoms with van der Waals surface area (Å²) in [5.41, 5.74) is 0. The monoisotopic (exact) mass is 288 g/mol. The Labute approximate surface area is 106 Å². The van der Waals surface area contributed by atoms with E-state index in [1.54, 1.807) is 0 Å². The number of hydrogen-bond donors (Lipinski definition) is 0. The topological polar surface area (TPSA) is 0 Å². The molecule has 0 amide bonds. The molecule has 0 aliphatic rings. The summed E-state index contributed by atoms with van der Waals surface area (Å²) in [6.45, 7) is 4.07. The molecular weight excluding hydrogens is 271 g/mol. The normalized spacial score (nSPS) is 7.29. The van der Waals surface area contributed by atoms with Crippen LogP contribution in [0, 0.1) is 23.7 Å². The fourth-order valence-electron chi connectivity index (χ4n) is 0.502. The second-order valence-corrected chi connectivity index (χ2v) is 3.16. The first-order chi connectivity index (χ1) is 6.83. The molecule has 0 aliphatic heterocycles. The Balaban J connectivity index is 0. The third-order valence-electron chi connectivity index (χ3n) is 1.00.